The highest BCUT2D eigenvalue weighted by atomic mass is 32.2. The van der Waals surface area contributed by atoms with Gasteiger partial charge in [-0.3, -0.25) is 4.79 Å². The highest BCUT2D eigenvalue weighted by Gasteiger charge is 2.42. The molecule has 3 N–H and O–H groups in total. The van der Waals surface area contributed by atoms with Gasteiger partial charge in [-0.15, -0.1) is 0 Å². The number of carbonyl (C=O) groups is 1. The van der Waals surface area contributed by atoms with Crippen molar-refractivity contribution in [3.05, 3.63) is 0 Å². The van der Waals surface area contributed by atoms with Crippen LogP contribution in [0.5, 0.6) is 0 Å². The molecule has 0 aliphatic heterocycles. The Morgan fingerprint density at radius 3 is 2.94 bits per heavy atom. The van der Waals surface area contributed by atoms with E-state index >= 15 is 0 Å². The first-order valence-electron chi connectivity index (χ1n) is 6.35. The number of rotatable bonds is 7. The molecular weight excluding hydrogens is 238 g/mol. The molecule has 0 bridgehead atoms. The van der Waals surface area contributed by atoms with Crippen LogP contribution in [0, 0.1) is 0 Å². The summed E-state index contributed by atoms with van der Waals surface area (Å²) in [6, 6.07) is 0. The highest BCUT2D eigenvalue weighted by molar-refractivity contribution is 7.99. The molecule has 0 amide bonds. The fourth-order valence-corrected chi connectivity index (χ4v) is 3.56. The lowest BCUT2D eigenvalue weighted by molar-refractivity contribution is -0.146. The van der Waals surface area contributed by atoms with E-state index < -0.39 is 11.5 Å². The van der Waals surface area contributed by atoms with E-state index in [4.69, 9.17) is 5.11 Å². The van der Waals surface area contributed by atoms with Gasteiger partial charge < -0.3 is 15.5 Å². The lowest BCUT2D eigenvalue weighted by atomic mass is 9.81. The molecule has 0 aromatic carbocycles. The maximum atomic E-state index is 11.5. The first-order valence-corrected chi connectivity index (χ1v) is 7.40. The Kier molecular flexibility index (Phi) is 6.30. The van der Waals surface area contributed by atoms with E-state index in [9.17, 15) is 9.90 Å². The third-order valence-electron chi connectivity index (χ3n) is 3.27. The van der Waals surface area contributed by atoms with Gasteiger partial charge in [0.15, 0.2) is 0 Å². The third-order valence-corrected chi connectivity index (χ3v) is 4.57. The fourth-order valence-electron chi connectivity index (χ4n) is 2.38. The molecule has 0 radical (unpaired) electrons. The lowest BCUT2D eigenvalue weighted by Crippen LogP contribution is -2.55. The molecule has 0 aromatic heterocycles. The van der Waals surface area contributed by atoms with Gasteiger partial charge in [-0.25, -0.2) is 0 Å². The topological polar surface area (TPSA) is 69.6 Å². The molecule has 1 rings (SSSR count). The number of hydrogen-bond acceptors (Lipinski definition) is 4. The molecule has 1 aliphatic carbocycles. The van der Waals surface area contributed by atoms with Crippen LogP contribution in [0.15, 0.2) is 0 Å². The van der Waals surface area contributed by atoms with Gasteiger partial charge in [0.05, 0.1) is 6.61 Å². The maximum absolute atomic E-state index is 11.5. The molecule has 2 atom stereocenters. The van der Waals surface area contributed by atoms with Crippen LogP contribution in [0.1, 0.15) is 39.0 Å². The van der Waals surface area contributed by atoms with Crippen LogP contribution >= 0.6 is 11.8 Å². The van der Waals surface area contributed by atoms with Gasteiger partial charge in [0.25, 0.3) is 0 Å². The van der Waals surface area contributed by atoms with Crippen molar-refractivity contribution >= 4 is 17.7 Å². The van der Waals surface area contributed by atoms with Crippen LogP contribution in [0.2, 0.25) is 0 Å². The van der Waals surface area contributed by atoms with Gasteiger partial charge in [0, 0.05) is 11.0 Å². The number of aliphatic carboxylic acids is 1. The number of thioether (sulfide) groups is 1. The second kappa shape index (κ2) is 7.24. The largest absolute Gasteiger partial charge is 0.480 e. The second-order valence-corrected chi connectivity index (χ2v) is 6.04. The quantitative estimate of drug-likeness (QED) is 0.647. The Morgan fingerprint density at radius 1 is 1.59 bits per heavy atom. The van der Waals surface area contributed by atoms with E-state index in [1.807, 2.05) is 6.92 Å². The summed E-state index contributed by atoms with van der Waals surface area (Å²) in [6.45, 7) is 2.97. The van der Waals surface area contributed by atoms with Crippen molar-refractivity contribution in [3.63, 3.8) is 0 Å². The molecule has 1 aliphatic rings. The van der Waals surface area contributed by atoms with Crippen molar-refractivity contribution in [1.29, 1.82) is 0 Å². The Hall–Kier alpha value is -0.260. The zero-order valence-corrected chi connectivity index (χ0v) is 11.3. The summed E-state index contributed by atoms with van der Waals surface area (Å²) >= 11 is 1.70. The first kappa shape index (κ1) is 14.8. The number of aliphatic hydroxyl groups is 1. The number of hydrogen-bond donors (Lipinski definition) is 3. The van der Waals surface area contributed by atoms with Gasteiger partial charge in [0.1, 0.15) is 5.54 Å². The Labute approximate surface area is 107 Å². The molecule has 0 spiro atoms. The van der Waals surface area contributed by atoms with Crippen molar-refractivity contribution in [2.75, 3.05) is 18.9 Å². The predicted octanol–water partition coefficient (Wildman–Crippen LogP) is 1.48. The van der Waals surface area contributed by atoms with E-state index in [1.165, 1.54) is 0 Å². The Bertz CT molecular complexity index is 250. The van der Waals surface area contributed by atoms with Crippen LogP contribution in [-0.2, 0) is 4.79 Å². The zero-order valence-electron chi connectivity index (χ0n) is 10.4. The van der Waals surface area contributed by atoms with Crippen molar-refractivity contribution in [2.24, 2.45) is 0 Å². The second-order valence-electron chi connectivity index (χ2n) is 4.63. The summed E-state index contributed by atoms with van der Waals surface area (Å²) in [4.78, 5) is 11.5. The Morgan fingerprint density at radius 2 is 2.35 bits per heavy atom. The smallest absolute Gasteiger partial charge is 0.323 e. The van der Waals surface area contributed by atoms with E-state index in [0.717, 1.165) is 32.2 Å². The van der Waals surface area contributed by atoms with Crippen molar-refractivity contribution in [3.8, 4) is 0 Å². The molecule has 4 nitrogen and oxygen atoms in total. The van der Waals surface area contributed by atoms with Gasteiger partial charge in [-0.1, -0.05) is 6.92 Å². The summed E-state index contributed by atoms with van der Waals surface area (Å²) in [6.07, 6.45) is 4.36. The van der Waals surface area contributed by atoms with Crippen molar-refractivity contribution in [2.45, 2.75) is 49.8 Å². The van der Waals surface area contributed by atoms with E-state index in [1.54, 1.807) is 11.8 Å². The monoisotopic (exact) mass is 261 g/mol. The molecule has 1 fully saturated rings. The van der Waals surface area contributed by atoms with Crippen molar-refractivity contribution in [1.82, 2.24) is 5.32 Å². The molecule has 1 saturated carbocycles. The standard InChI is InChI=1S/C12H23NO3S/c1-2-6-13-12(11(15)16)5-3-4-10(9-12)17-8-7-14/h10,13-14H,2-9H2,1H3,(H,15,16). The SMILES string of the molecule is CCCNC1(C(=O)O)CCCC(SCCO)C1. The summed E-state index contributed by atoms with van der Waals surface area (Å²) in [5, 5.41) is 21.8. The number of nitrogens with one attached hydrogen (secondary N) is 1. The van der Waals surface area contributed by atoms with Gasteiger partial charge >= 0.3 is 5.97 Å². The lowest BCUT2D eigenvalue weighted by Gasteiger charge is -2.38. The zero-order chi connectivity index (χ0) is 12.7. The van der Waals surface area contributed by atoms with Gasteiger partial charge in [-0.2, -0.15) is 11.8 Å². The van der Waals surface area contributed by atoms with Crippen LogP contribution in [0.3, 0.4) is 0 Å². The molecule has 2 unspecified atom stereocenters. The molecule has 5 heteroatoms. The predicted molar refractivity (Wildman–Crippen MR) is 70.5 cm³/mol. The van der Waals surface area contributed by atoms with Gasteiger partial charge in [-0.05, 0) is 38.6 Å². The van der Waals surface area contributed by atoms with E-state index in [2.05, 4.69) is 5.32 Å². The van der Waals surface area contributed by atoms with Crippen LogP contribution < -0.4 is 5.32 Å². The number of aliphatic hydroxyl groups excluding tert-OH is 1. The molecule has 17 heavy (non-hydrogen) atoms. The minimum absolute atomic E-state index is 0.170. The molecule has 0 heterocycles. The summed E-state index contributed by atoms with van der Waals surface area (Å²) in [5.41, 5.74) is -0.735. The van der Waals surface area contributed by atoms with Crippen LogP contribution in [0.25, 0.3) is 0 Å². The van der Waals surface area contributed by atoms with Gasteiger partial charge in [0.2, 0.25) is 0 Å². The molecular formula is C12H23NO3S. The molecule has 100 valence electrons. The molecule has 0 aromatic rings. The number of carboxylic acid groups (broad SMARTS) is 1. The Balaban J connectivity index is 2.59. The van der Waals surface area contributed by atoms with Crippen LogP contribution in [0.4, 0.5) is 0 Å². The maximum Gasteiger partial charge on any atom is 0.323 e. The summed E-state index contributed by atoms with van der Waals surface area (Å²) in [5.74, 6) is -0.0195. The fraction of sp³-hybridized carbons (Fsp3) is 0.917. The minimum atomic E-state index is -0.735. The third kappa shape index (κ3) is 4.16. The van der Waals surface area contributed by atoms with E-state index in [-0.39, 0.29) is 6.61 Å². The average molecular weight is 261 g/mol. The van der Waals surface area contributed by atoms with Crippen molar-refractivity contribution < 1.29 is 15.0 Å². The van der Waals surface area contributed by atoms with Crippen LogP contribution in [-0.4, -0.2) is 45.9 Å². The molecule has 0 saturated heterocycles. The summed E-state index contributed by atoms with van der Waals surface area (Å²) < 4.78 is 0. The number of carboxylic acids is 1. The summed E-state index contributed by atoms with van der Waals surface area (Å²) in [7, 11) is 0. The van der Waals surface area contributed by atoms with E-state index in [0.29, 0.717) is 17.4 Å². The highest BCUT2D eigenvalue weighted by Crippen LogP contribution is 2.35. The first-order chi connectivity index (χ1) is 8.14. The average Bonchev–Trinajstić information content (AvgIpc) is 2.34. The minimum Gasteiger partial charge on any atom is -0.480 e. The normalized spacial score (nSPS) is 29.2.